The van der Waals surface area contributed by atoms with Gasteiger partial charge in [0.1, 0.15) is 23.9 Å². The molecule has 4 rings (SSSR count). The number of nitrogens with one attached hydrogen (secondary N) is 2. The molecule has 2 aromatic heterocycles. The van der Waals surface area contributed by atoms with Crippen molar-refractivity contribution in [1.82, 2.24) is 25.5 Å². The van der Waals surface area contributed by atoms with Crippen molar-refractivity contribution in [2.45, 2.75) is 32.8 Å². The van der Waals surface area contributed by atoms with Crippen LogP contribution in [0.2, 0.25) is 5.02 Å². The number of rotatable bonds is 6. The van der Waals surface area contributed by atoms with Crippen LogP contribution in [0.1, 0.15) is 35.6 Å². The van der Waals surface area contributed by atoms with Crippen LogP contribution in [0.3, 0.4) is 0 Å². The number of carbonyl (C=O) groups is 1. The molecule has 0 fully saturated rings. The van der Waals surface area contributed by atoms with Gasteiger partial charge in [-0.25, -0.2) is 9.97 Å². The highest BCUT2D eigenvalue weighted by molar-refractivity contribution is 6.32. The number of ether oxygens (including phenoxy) is 1. The van der Waals surface area contributed by atoms with Crippen LogP contribution < -0.4 is 10.1 Å². The van der Waals surface area contributed by atoms with Crippen LogP contribution in [0.5, 0.6) is 5.75 Å². The van der Waals surface area contributed by atoms with Gasteiger partial charge in [-0.05, 0) is 36.1 Å². The number of fused-ring (bicyclic) bond motifs is 1. The van der Waals surface area contributed by atoms with Gasteiger partial charge in [-0.15, -0.1) is 0 Å². The summed E-state index contributed by atoms with van der Waals surface area (Å²) in [5.74, 6) is 0.948. The molecule has 8 heteroatoms. The summed E-state index contributed by atoms with van der Waals surface area (Å²) in [7, 11) is 0. The van der Waals surface area contributed by atoms with Crippen molar-refractivity contribution < 1.29 is 9.53 Å². The molecular formula is C21H22ClN5O2. The molecule has 1 aliphatic rings. The molecule has 7 nitrogen and oxygen atoms in total. The highest BCUT2D eigenvalue weighted by Gasteiger charge is 2.27. The molecular weight excluding hydrogens is 390 g/mol. The van der Waals surface area contributed by atoms with Crippen molar-refractivity contribution >= 4 is 17.5 Å². The summed E-state index contributed by atoms with van der Waals surface area (Å²) in [6, 6.07) is 5.68. The number of hydrogen-bond donors (Lipinski definition) is 2. The number of nitrogens with zero attached hydrogens (tertiary/aromatic N) is 3. The molecule has 2 N–H and O–H groups in total. The fraction of sp³-hybridized carbons (Fsp3) is 0.333. The van der Waals surface area contributed by atoms with Gasteiger partial charge in [-0.2, -0.15) is 5.10 Å². The Labute approximate surface area is 173 Å². The van der Waals surface area contributed by atoms with Gasteiger partial charge in [0.15, 0.2) is 0 Å². The molecule has 0 spiro atoms. The van der Waals surface area contributed by atoms with E-state index in [1.165, 1.54) is 6.33 Å². The van der Waals surface area contributed by atoms with Gasteiger partial charge >= 0.3 is 0 Å². The number of H-pyrrole nitrogens is 1. The third-order valence-corrected chi connectivity index (χ3v) is 5.01. The second-order valence-electron chi connectivity index (χ2n) is 7.60. The van der Waals surface area contributed by atoms with Crippen molar-refractivity contribution in [3.63, 3.8) is 0 Å². The highest BCUT2D eigenvalue weighted by Crippen LogP contribution is 2.39. The van der Waals surface area contributed by atoms with Gasteiger partial charge in [0.2, 0.25) is 0 Å². The van der Waals surface area contributed by atoms with E-state index < -0.39 is 0 Å². The summed E-state index contributed by atoms with van der Waals surface area (Å²) in [5.41, 5.74) is 4.19. The van der Waals surface area contributed by atoms with Gasteiger partial charge < -0.3 is 10.1 Å². The number of carbonyl (C=O) groups excluding carboxylic acids is 1. The molecule has 3 heterocycles. The van der Waals surface area contributed by atoms with Crippen molar-refractivity contribution in [3.8, 4) is 16.9 Å². The maximum atomic E-state index is 12.4. The first-order valence-electron chi connectivity index (χ1n) is 9.56. The van der Waals surface area contributed by atoms with E-state index >= 15 is 0 Å². The fourth-order valence-corrected chi connectivity index (χ4v) is 3.72. The number of aromatic amines is 1. The lowest BCUT2D eigenvalue weighted by Crippen LogP contribution is -2.34. The molecule has 0 aliphatic carbocycles. The number of amides is 1. The van der Waals surface area contributed by atoms with E-state index in [9.17, 15) is 4.79 Å². The van der Waals surface area contributed by atoms with Crippen molar-refractivity contribution in [3.05, 3.63) is 58.9 Å². The molecule has 0 saturated heterocycles. The molecule has 0 saturated carbocycles. The molecule has 0 radical (unpaired) electrons. The molecule has 1 aromatic carbocycles. The Morgan fingerprint density at radius 2 is 2.07 bits per heavy atom. The zero-order chi connectivity index (χ0) is 20.4. The van der Waals surface area contributed by atoms with Crippen molar-refractivity contribution in [1.29, 1.82) is 0 Å². The zero-order valence-corrected chi connectivity index (χ0v) is 17.0. The van der Waals surface area contributed by atoms with E-state index in [2.05, 4.69) is 39.3 Å². The number of halogens is 1. The first-order valence-corrected chi connectivity index (χ1v) is 9.94. The quantitative estimate of drug-likeness (QED) is 0.648. The Morgan fingerprint density at radius 3 is 2.83 bits per heavy atom. The second kappa shape index (κ2) is 8.21. The van der Waals surface area contributed by atoms with Crippen LogP contribution in [0.4, 0.5) is 0 Å². The van der Waals surface area contributed by atoms with Gasteiger partial charge in [-0.1, -0.05) is 25.4 Å². The van der Waals surface area contributed by atoms with Crippen LogP contribution >= 0.6 is 11.6 Å². The summed E-state index contributed by atoms with van der Waals surface area (Å²) in [6.45, 7) is 4.62. The van der Waals surface area contributed by atoms with E-state index in [1.54, 1.807) is 18.5 Å². The number of hydrogen-bond acceptors (Lipinski definition) is 5. The summed E-state index contributed by atoms with van der Waals surface area (Å²) < 4.78 is 5.97. The fourth-order valence-electron chi connectivity index (χ4n) is 3.44. The van der Waals surface area contributed by atoms with Crippen LogP contribution in [-0.2, 0) is 12.8 Å². The van der Waals surface area contributed by atoms with E-state index in [4.69, 9.17) is 16.3 Å². The van der Waals surface area contributed by atoms with E-state index in [-0.39, 0.29) is 12.0 Å². The Hall–Kier alpha value is -2.93. The summed E-state index contributed by atoms with van der Waals surface area (Å²) >= 11 is 6.43. The third kappa shape index (κ3) is 4.40. The predicted molar refractivity (Wildman–Crippen MR) is 110 cm³/mol. The van der Waals surface area contributed by atoms with Crippen LogP contribution in [0, 0.1) is 5.92 Å². The predicted octanol–water partition coefficient (Wildman–Crippen LogP) is 3.45. The summed E-state index contributed by atoms with van der Waals surface area (Å²) in [6.07, 6.45) is 6.32. The third-order valence-electron chi connectivity index (χ3n) is 4.73. The van der Waals surface area contributed by atoms with Crippen LogP contribution in [-0.4, -0.2) is 38.7 Å². The lowest BCUT2D eigenvalue weighted by Gasteiger charge is -2.11. The standard InChI is InChI=1S/C21H22ClN5O2/c1-12(2)3-16-7-19(27-26-16)21(28)25-10-17-5-14-4-13(6-18(22)20(14)29-17)15-8-23-11-24-9-15/h4,6-9,11-12,17H,3,5,10H2,1-2H3,(H,25,28)(H,26,27). The summed E-state index contributed by atoms with van der Waals surface area (Å²) in [5, 5.41) is 10.5. The Kier molecular flexibility index (Phi) is 5.49. The van der Waals surface area contributed by atoms with Gasteiger partial charge in [-0.3, -0.25) is 9.89 Å². The molecule has 3 aromatic rings. The normalized spacial score (nSPS) is 15.2. The first kappa shape index (κ1) is 19.4. The molecule has 150 valence electrons. The molecule has 29 heavy (non-hydrogen) atoms. The Morgan fingerprint density at radius 1 is 1.28 bits per heavy atom. The largest absolute Gasteiger partial charge is 0.486 e. The van der Waals surface area contributed by atoms with Gasteiger partial charge in [0.05, 0.1) is 11.6 Å². The molecule has 1 unspecified atom stereocenters. The van der Waals surface area contributed by atoms with E-state index in [0.29, 0.717) is 35.3 Å². The first-order chi connectivity index (χ1) is 14.0. The van der Waals surface area contributed by atoms with Crippen LogP contribution in [0.15, 0.2) is 36.9 Å². The lowest BCUT2D eigenvalue weighted by atomic mass is 10.0. The maximum Gasteiger partial charge on any atom is 0.271 e. The summed E-state index contributed by atoms with van der Waals surface area (Å²) in [4.78, 5) is 20.5. The van der Waals surface area contributed by atoms with Gasteiger partial charge in [0, 0.05) is 35.6 Å². The highest BCUT2D eigenvalue weighted by atomic mass is 35.5. The van der Waals surface area contributed by atoms with Gasteiger partial charge in [0.25, 0.3) is 5.91 Å². The lowest BCUT2D eigenvalue weighted by molar-refractivity contribution is 0.0928. The average molecular weight is 412 g/mol. The number of aromatic nitrogens is 4. The zero-order valence-electron chi connectivity index (χ0n) is 16.3. The minimum absolute atomic E-state index is 0.178. The minimum atomic E-state index is -0.218. The monoisotopic (exact) mass is 411 g/mol. The second-order valence-corrected chi connectivity index (χ2v) is 8.01. The number of benzene rings is 1. The molecule has 1 amide bonds. The van der Waals surface area contributed by atoms with Crippen molar-refractivity contribution in [2.75, 3.05) is 6.54 Å². The van der Waals surface area contributed by atoms with E-state index in [1.807, 2.05) is 12.1 Å². The molecule has 1 aliphatic heterocycles. The van der Waals surface area contributed by atoms with Crippen LogP contribution in [0.25, 0.3) is 11.1 Å². The smallest absolute Gasteiger partial charge is 0.271 e. The Balaban J connectivity index is 1.39. The average Bonchev–Trinajstić information content (AvgIpc) is 3.33. The van der Waals surface area contributed by atoms with Crippen molar-refractivity contribution in [2.24, 2.45) is 5.92 Å². The molecule has 1 atom stereocenters. The molecule has 0 bridgehead atoms. The van der Waals surface area contributed by atoms with E-state index in [0.717, 1.165) is 28.8 Å². The topological polar surface area (TPSA) is 92.8 Å². The maximum absolute atomic E-state index is 12.4. The Bertz CT molecular complexity index is 1020. The minimum Gasteiger partial charge on any atom is -0.486 e. The SMILES string of the molecule is CC(C)Cc1cc(C(=O)NCC2Cc3cc(-c4cncnc4)cc(Cl)c3O2)n[nH]1.